The third kappa shape index (κ3) is 5.99. The van der Waals surface area contributed by atoms with E-state index in [1.165, 1.54) is 0 Å². The predicted molar refractivity (Wildman–Crippen MR) is 119 cm³/mol. The minimum Gasteiger partial charge on any atom is -0.497 e. The fraction of sp³-hybridized carbons (Fsp3) is 0.760. The summed E-state index contributed by atoms with van der Waals surface area (Å²) in [6.45, 7) is 7.24. The summed E-state index contributed by atoms with van der Waals surface area (Å²) in [5.41, 5.74) is 1.10. The second-order valence-electron chi connectivity index (χ2n) is 8.97. The maximum absolute atomic E-state index is 6.60. The minimum absolute atomic E-state index is 0.0495. The van der Waals surface area contributed by atoms with Crippen LogP contribution in [-0.2, 0) is 30.3 Å². The standard InChI is InChI=1S/C25H40O6/c1-7-8-20-16(2)13-21-25(31-20)17(3)24(22(30-21)14-23(27-5)28-6)29-15-18-9-11-19(26-4)12-10-18/h9-12,16-17,20-25H,7-8,13-15H2,1-6H3/t16-,17-,20-,21?,22+,24-,25+/m1/s1. The summed E-state index contributed by atoms with van der Waals surface area (Å²) in [4.78, 5) is 0. The third-order valence-electron chi connectivity index (χ3n) is 6.81. The Morgan fingerprint density at radius 1 is 1.00 bits per heavy atom. The Hall–Kier alpha value is -1.18. The number of rotatable bonds is 10. The SMILES string of the molecule is CCC[C@H]1O[C@@H]2C(C[C@H]1C)O[C@@H](CC(OC)OC)[C@H](OCc1ccc(OC)cc1)[C@H]2C. The molecule has 2 saturated heterocycles. The van der Waals surface area contributed by atoms with E-state index in [0.717, 1.165) is 30.6 Å². The van der Waals surface area contributed by atoms with Gasteiger partial charge in [-0.2, -0.15) is 0 Å². The molecule has 2 aliphatic heterocycles. The van der Waals surface area contributed by atoms with E-state index in [2.05, 4.69) is 20.8 Å². The van der Waals surface area contributed by atoms with Gasteiger partial charge < -0.3 is 28.4 Å². The minimum atomic E-state index is -0.324. The molecule has 0 saturated carbocycles. The lowest BCUT2D eigenvalue weighted by Crippen LogP contribution is -2.59. The molecule has 0 N–H and O–H groups in total. The molecule has 31 heavy (non-hydrogen) atoms. The van der Waals surface area contributed by atoms with E-state index in [0.29, 0.717) is 25.0 Å². The first-order valence-electron chi connectivity index (χ1n) is 11.6. The average Bonchev–Trinajstić information content (AvgIpc) is 2.78. The van der Waals surface area contributed by atoms with Gasteiger partial charge in [-0.3, -0.25) is 0 Å². The van der Waals surface area contributed by atoms with E-state index in [1.54, 1.807) is 21.3 Å². The molecule has 0 spiro atoms. The van der Waals surface area contributed by atoms with Crippen LogP contribution in [0.2, 0.25) is 0 Å². The molecule has 0 radical (unpaired) electrons. The van der Waals surface area contributed by atoms with Crippen LogP contribution in [-0.4, -0.2) is 58.1 Å². The van der Waals surface area contributed by atoms with Crippen molar-refractivity contribution in [3.8, 4) is 5.75 Å². The summed E-state index contributed by atoms with van der Waals surface area (Å²) in [5, 5.41) is 0. The average molecular weight is 437 g/mol. The molecule has 7 atom stereocenters. The van der Waals surface area contributed by atoms with Crippen molar-refractivity contribution < 1.29 is 28.4 Å². The Labute approximate surface area is 187 Å². The Morgan fingerprint density at radius 3 is 2.32 bits per heavy atom. The van der Waals surface area contributed by atoms with Crippen molar-refractivity contribution in [2.45, 2.75) is 89.9 Å². The van der Waals surface area contributed by atoms with Gasteiger partial charge in [-0.25, -0.2) is 0 Å². The molecule has 2 fully saturated rings. The smallest absolute Gasteiger partial charge is 0.159 e. The van der Waals surface area contributed by atoms with Crippen LogP contribution in [0.3, 0.4) is 0 Å². The van der Waals surface area contributed by atoms with Gasteiger partial charge in [0.25, 0.3) is 0 Å². The second-order valence-corrected chi connectivity index (χ2v) is 8.97. The topological polar surface area (TPSA) is 55.4 Å². The maximum atomic E-state index is 6.60. The van der Waals surface area contributed by atoms with Crippen molar-refractivity contribution in [3.63, 3.8) is 0 Å². The van der Waals surface area contributed by atoms with E-state index in [9.17, 15) is 0 Å². The van der Waals surface area contributed by atoms with Gasteiger partial charge in [0, 0.05) is 26.6 Å². The fourth-order valence-electron chi connectivity index (χ4n) is 4.98. The molecule has 6 heteroatoms. The quantitative estimate of drug-likeness (QED) is 0.500. The molecule has 6 nitrogen and oxygen atoms in total. The molecule has 0 bridgehead atoms. The Bertz CT molecular complexity index is 646. The molecular formula is C25H40O6. The van der Waals surface area contributed by atoms with Crippen LogP contribution in [0, 0.1) is 11.8 Å². The van der Waals surface area contributed by atoms with E-state index >= 15 is 0 Å². The number of benzene rings is 1. The molecule has 176 valence electrons. The number of hydrogen-bond donors (Lipinski definition) is 0. The zero-order valence-electron chi connectivity index (χ0n) is 19.9. The molecule has 1 aromatic carbocycles. The van der Waals surface area contributed by atoms with E-state index in [-0.39, 0.29) is 36.6 Å². The Kier molecular flexibility index (Phi) is 9.17. The van der Waals surface area contributed by atoms with Gasteiger partial charge in [-0.15, -0.1) is 0 Å². The highest BCUT2D eigenvalue weighted by Crippen LogP contribution is 2.41. The van der Waals surface area contributed by atoms with Crippen LogP contribution in [0.15, 0.2) is 24.3 Å². The summed E-state index contributed by atoms with van der Waals surface area (Å²) in [7, 11) is 5.00. The molecule has 1 unspecified atom stereocenters. The fourth-order valence-corrected chi connectivity index (χ4v) is 4.98. The molecule has 3 rings (SSSR count). The van der Waals surface area contributed by atoms with Crippen LogP contribution in [0.1, 0.15) is 52.0 Å². The van der Waals surface area contributed by atoms with Crippen LogP contribution >= 0.6 is 0 Å². The van der Waals surface area contributed by atoms with Crippen LogP contribution in [0.5, 0.6) is 5.75 Å². The van der Waals surface area contributed by atoms with Crippen LogP contribution < -0.4 is 4.74 Å². The summed E-state index contributed by atoms with van der Waals surface area (Å²) in [6.07, 6.45) is 3.75. The first-order valence-corrected chi connectivity index (χ1v) is 11.6. The normalized spacial score (nSPS) is 33.3. The van der Waals surface area contributed by atoms with Crippen LogP contribution in [0.4, 0.5) is 0 Å². The maximum Gasteiger partial charge on any atom is 0.159 e. The van der Waals surface area contributed by atoms with Gasteiger partial charge in [0.15, 0.2) is 6.29 Å². The van der Waals surface area contributed by atoms with Gasteiger partial charge in [0.2, 0.25) is 0 Å². The monoisotopic (exact) mass is 436 g/mol. The number of hydrogen-bond acceptors (Lipinski definition) is 6. The highest BCUT2D eigenvalue weighted by atomic mass is 16.7. The predicted octanol–water partition coefficient (Wildman–Crippen LogP) is 4.59. The number of methoxy groups -OCH3 is 3. The van der Waals surface area contributed by atoms with Crippen molar-refractivity contribution in [2.75, 3.05) is 21.3 Å². The number of ether oxygens (including phenoxy) is 6. The molecule has 0 aliphatic carbocycles. The highest BCUT2D eigenvalue weighted by molar-refractivity contribution is 5.26. The van der Waals surface area contributed by atoms with Gasteiger partial charge in [0.05, 0.1) is 44.2 Å². The zero-order valence-corrected chi connectivity index (χ0v) is 19.9. The van der Waals surface area contributed by atoms with E-state index < -0.39 is 0 Å². The van der Waals surface area contributed by atoms with Gasteiger partial charge in [0.1, 0.15) is 5.75 Å². The first-order chi connectivity index (χ1) is 15.0. The van der Waals surface area contributed by atoms with Crippen molar-refractivity contribution in [1.82, 2.24) is 0 Å². The third-order valence-corrected chi connectivity index (χ3v) is 6.81. The summed E-state index contributed by atoms with van der Waals surface area (Å²) >= 11 is 0. The number of fused-ring (bicyclic) bond motifs is 1. The lowest BCUT2D eigenvalue weighted by molar-refractivity contribution is -0.275. The molecule has 0 aromatic heterocycles. The van der Waals surface area contributed by atoms with Crippen molar-refractivity contribution >= 4 is 0 Å². The molecule has 1 aromatic rings. The van der Waals surface area contributed by atoms with Crippen LogP contribution in [0.25, 0.3) is 0 Å². The molecule has 2 aliphatic rings. The Balaban J connectivity index is 1.74. The lowest BCUT2D eigenvalue weighted by atomic mass is 9.79. The highest BCUT2D eigenvalue weighted by Gasteiger charge is 2.49. The summed E-state index contributed by atoms with van der Waals surface area (Å²) in [6, 6.07) is 7.99. The van der Waals surface area contributed by atoms with Gasteiger partial charge >= 0.3 is 0 Å². The molecular weight excluding hydrogens is 396 g/mol. The summed E-state index contributed by atoms with van der Waals surface area (Å²) < 4.78 is 35.9. The molecule has 0 amide bonds. The van der Waals surface area contributed by atoms with Gasteiger partial charge in [-0.1, -0.05) is 39.3 Å². The van der Waals surface area contributed by atoms with Gasteiger partial charge in [-0.05, 0) is 36.5 Å². The lowest BCUT2D eigenvalue weighted by Gasteiger charge is -2.51. The first kappa shape index (κ1) is 24.5. The van der Waals surface area contributed by atoms with Crippen molar-refractivity contribution in [1.29, 1.82) is 0 Å². The zero-order chi connectivity index (χ0) is 22.4. The molecule has 2 heterocycles. The largest absolute Gasteiger partial charge is 0.497 e. The van der Waals surface area contributed by atoms with Crippen molar-refractivity contribution in [2.24, 2.45) is 11.8 Å². The van der Waals surface area contributed by atoms with Crippen molar-refractivity contribution in [3.05, 3.63) is 29.8 Å². The summed E-state index contributed by atoms with van der Waals surface area (Å²) in [5.74, 6) is 1.54. The van der Waals surface area contributed by atoms with E-state index in [4.69, 9.17) is 28.4 Å². The Morgan fingerprint density at radius 2 is 1.71 bits per heavy atom. The van der Waals surface area contributed by atoms with E-state index in [1.807, 2.05) is 24.3 Å². The second kappa shape index (κ2) is 11.6.